The Morgan fingerprint density at radius 3 is 2.52 bits per heavy atom. The standard InChI is InChI=1S/C28H26ClNO2S/c29-27-11-3-7-20(18-30)22(27)10-5-17-33(31,32)28-12-4-9-23-25-14-13-19-6-1-2-8-21(19)24(25)15-16-26(23)28/h1-3,5-8,10-12,15-16H,4,9,13-14,17-18,30H2. The third kappa shape index (κ3) is 4.08. The van der Waals surface area contributed by atoms with E-state index in [0.29, 0.717) is 16.5 Å². The fourth-order valence-electron chi connectivity index (χ4n) is 5.09. The minimum Gasteiger partial charge on any atom is -0.326 e. The normalized spacial score (nSPS) is 15.0. The number of hydrogen-bond donors (Lipinski definition) is 1. The van der Waals surface area contributed by atoms with Crippen molar-refractivity contribution in [2.45, 2.75) is 32.2 Å². The molecule has 33 heavy (non-hydrogen) atoms. The van der Waals surface area contributed by atoms with Crippen molar-refractivity contribution in [3.05, 3.63) is 105 Å². The van der Waals surface area contributed by atoms with Gasteiger partial charge in [0.2, 0.25) is 0 Å². The molecule has 0 heterocycles. The molecule has 3 aromatic rings. The number of halogens is 1. The third-order valence-electron chi connectivity index (χ3n) is 6.67. The monoisotopic (exact) mass is 475 g/mol. The number of allylic oxidation sites excluding steroid dienone is 1. The lowest BCUT2D eigenvalue weighted by Gasteiger charge is -2.27. The van der Waals surface area contributed by atoms with Crippen molar-refractivity contribution < 1.29 is 8.42 Å². The van der Waals surface area contributed by atoms with Crippen LogP contribution in [-0.4, -0.2) is 14.2 Å². The molecule has 2 aliphatic carbocycles. The van der Waals surface area contributed by atoms with Gasteiger partial charge in [-0.3, -0.25) is 0 Å². The van der Waals surface area contributed by atoms with Crippen molar-refractivity contribution in [1.82, 2.24) is 0 Å². The van der Waals surface area contributed by atoms with Crippen LogP contribution in [0.2, 0.25) is 5.02 Å². The van der Waals surface area contributed by atoms with E-state index in [-0.39, 0.29) is 5.75 Å². The summed E-state index contributed by atoms with van der Waals surface area (Å²) in [7, 11) is -3.49. The molecule has 0 atom stereocenters. The topological polar surface area (TPSA) is 60.2 Å². The molecule has 0 radical (unpaired) electrons. The number of rotatable bonds is 5. The minimum absolute atomic E-state index is 0.0760. The van der Waals surface area contributed by atoms with Crippen LogP contribution in [0.3, 0.4) is 0 Å². The highest BCUT2D eigenvalue weighted by atomic mass is 35.5. The Labute approximate surface area is 200 Å². The SMILES string of the molecule is NCc1cccc(Cl)c1C=CCS(=O)(=O)C1=CCCc2c1ccc1c2CCc2ccccc2-1. The lowest BCUT2D eigenvalue weighted by molar-refractivity contribution is 0.608. The summed E-state index contributed by atoms with van der Waals surface area (Å²) in [5.41, 5.74) is 14.8. The van der Waals surface area contributed by atoms with Crippen molar-refractivity contribution in [1.29, 1.82) is 0 Å². The maximum atomic E-state index is 13.4. The predicted octanol–water partition coefficient (Wildman–Crippen LogP) is 5.98. The number of aryl methyl sites for hydroxylation is 1. The maximum Gasteiger partial charge on any atom is 0.182 e. The van der Waals surface area contributed by atoms with Crippen LogP contribution in [-0.2, 0) is 35.6 Å². The van der Waals surface area contributed by atoms with Crippen molar-refractivity contribution in [3.63, 3.8) is 0 Å². The fourth-order valence-corrected chi connectivity index (χ4v) is 6.77. The summed E-state index contributed by atoms with van der Waals surface area (Å²) >= 11 is 6.31. The lowest BCUT2D eigenvalue weighted by atomic mass is 9.79. The Kier molecular flexibility index (Phi) is 6.00. The van der Waals surface area contributed by atoms with Gasteiger partial charge in [-0.15, -0.1) is 0 Å². The number of sulfone groups is 1. The van der Waals surface area contributed by atoms with E-state index in [1.807, 2.05) is 24.3 Å². The largest absolute Gasteiger partial charge is 0.326 e. The number of fused-ring (bicyclic) bond motifs is 5. The molecule has 5 rings (SSSR count). The molecule has 0 spiro atoms. The first-order valence-electron chi connectivity index (χ1n) is 11.3. The molecule has 0 aromatic heterocycles. The number of benzene rings is 3. The van der Waals surface area contributed by atoms with E-state index in [1.54, 1.807) is 18.2 Å². The van der Waals surface area contributed by atoms with Crippen LogP contribution in [0.4, 0.5) is 0 Å². The Balaban J connectivity index is 1.47. The molecule has 2 aliphatic rings. The first-order chi connectivity index (χ1) is 16.0. The maximum absolute atomic E-state index is 13.4. The van der Waals surface area contributed by atoms with Gasteiger partial charge >= 0.3 is 0 Å². The zero-order valence-corrected chi connectivity index (χ0v) is 19.9. The second-order valence-electron chi connectivity index (χ2n) is 8.58. The molecule has 0 saturated heterocycles. The summed E-state index contributed by atoms with van der Waals surface area (Å²) in [6, 6.07) is 18.2. The molecule has 5 heteroatoms. The highest BCUT2D eigenvalue weighted by molar-refractivity contribution is 8.00. The van der Waals surface area contributed by atoms with E-state index in [2.05, 4.69) is 30.3 Å². The Hall–Kier alpha value is -2.66. The highest BCUT2D eigenvalue weighted by Gasteiger charge is 2.28. The summed E-state index contributed by atoms with van der Waals surface area (Å²) in [6.07, 6.45) is 8.91. The smallest absolute Gasteiger partial charge is 0.182 e. The Bertz CT molecular complexity index is 1400. The predicted molar refractivity (Wildman–Crippen MR) is 138 cm³/mol. The van der Waals surface area contributed by atoms with E-state index < -0.39 is 9.84 Å². The van der Waals surface area contributed by atoms with Gasteiger partial charge in [-0.25, -0.2) is 8.42 Å². The van der Waals surface area contributed by atoms with Gasteiger partial charge in [0.15, 0.2) is 9.84 Å². The first-order valence-corrected chi connectivity index (χ1v) is 13.3. The summed E-state index contributed by atoms with van der Waals surface area (Å²) in [4.78, 5) is 0.452. The molecule has 0 bridgehead atoms. The third-order valence-corrected chi connectivity index (χ3v) is 8.69. The van der Waals surface area contributed by atoms with Gasteiger partial charge in [-0.1, -0.05) is 78.4 Å². The second-order valence-corrected chi connectivity index (χ2v) is 11.0. The van der Waals surface area contributed by atoms with Crippen LogP contribution in [0.15, 0.2) is 66.7 Å². The van der Waals surface area contributed by atoms with Gasteiger partial charge in [0.05, 0.1) is 10.7 Å². The van der Waals surface area contributed by atoms with Crippen LogP contribution in [0.1, 0.15) is 39.8 Å². The molecule has 0 amide bonds. The van der Waals surface area contributed by atoms with Gasteiger partial charge in [-0.05, 0) is 76.3 Å². The summed E-state index contributed by atoms with van der Waals surface area (Å²) in [5.74, 6) is -0.0760. The molecular weight excluding hydrogens is 450 g/mol. The van der Waals surface area contributed by atoms with E-state index in [4.69, 9.17) is 17.3 Å². The Morgan fingerprint density at radius 2 is 1.67 bits per heavy atom. The Morgan fingerprint density at radius 1 is 0.879 bits per heavy atom. The lowest BCUT2D eigenvalue weighted by Crippen LogP contribution is -2.15. The molecule has 0 saturated carbocycles. The van der Waals surface area contributed by atoms with E-state index in [0.717, 1.165) is 42.4 Å². The number of nitrogens with two attached hydrogens (primary N) is 1. The van der Waals surface area contributed by atoms with Crippen LogP contribution in [0.25, 0.3) is 22.1 Å². The van der Waals surface area contributed by atoms with Crippen LogP contribution < -0.4 is 5.73 Å². The fraction of sp³-hybridized carbons (Fsp3) is 0.214. The summed E-state index contributed by atoms with van der Waals surface area (Å²) in [5, 5.41) is 0.570. The van der Waals surface area contributed by atoms with Gasteiger partial charge in [0.1, 0.15) is 0 Å². The van der Waals surface area contributed by atoms with E-state index >= 15 is 0 Å². The van der Waals surface area contributed by atoms with Crippen LogP contribution >= 0.6 is 11.6 Å². The molecular formula is C28H26ClNO2S. The molecule has 3 aromatic carbocycles. The quantitative estimate of drug-likeness (QED) is 0.493. The molecule has 3 nitrogen and oxygen atoms in total. The van der Waals surface area contributed by atoms with Gasteiger partial charge in [0.25, 0.3) is 0 Å². The average molecular weight is 476 g/mol. The van der Waals surface area contributed by atoms with Crippen molar-refractivity contribution in [2.24, 2.45) is 5.73 Å². The van der Waals surface area contributed by atoms with Gasteiger partial charge < -0.3 is 5.73 Å². The second kappa shape index (κ2) is 8.94. The molecule has 2 N–H and O–H groups in total. The summed E-state index contributed by atoms with van der Waals surface area (Å²) < 4.78 is 26.7. The molecule has 168 valence electrons. The van der Waals surface area contributed by atoms with Crippen molar-refractivity contribution in [2.75, 3.05) is 5.75 Å². The molecule has 0 unspecified atom stereocenters. The van der Waals surface area contributed by atoms with E-state index in [9.17, 15) is 8.42 Å². The van der Waals surface area contributed by atoms with Crippen molar-refractivity contribution >= 4 is 32.4 Å². The number of hydrogen-bond acceptors (Lipinski definition) is 3. The molecule has 0 aliphatic heterocycles. The van der Waals surface area contributed by atoms with Gasteiger partial charge in [0, 0.05) is 11.6 Å². The van der Waals surface area contributed by atoms with Gasteiger partial charge in [-0.2, -0.15) is 0 Å². The zero-order chi connectivity index (χ0) is 23.0. The summed E-state index contributed by atoms with van der Waals surface area (Å²) in [6.45, 7) is 0.347. The highest BCUT2D eigenvalue weighted by Crippen LogP contribution is 2.41. The zero-order valence-electron chi connectivity index (χ0n) is 18.4. The van der Waals surface area contributed by atoms with Crippen LogP contribution in [0, 0.1) is 0 Å². The van der Waals surface area contributed by atoms with Crippen LogP contribution in [0.5, 0.6) is 0 Å². The average Bonchev–Trinajstić information content (AvgIpc) is 2.84. The minimum atomic E-state index is -3.49. The van der Waals surface area contributed by atoms with E-state index in [1.165, 1.54) is 27.8 Å². The van der Waals surface area contributed by atoms with Crippen molar-refractivity contribution in [3.8, 4) is 11.1 Å². The molecule has 0 fully saturated rings. The first kappa shape index (κ1) is 22.1.